The van der Waals surface area contributed by atoms with Crippen molar-refractivity contribution in [3.05, 3.63) is 30.4 Å². The molecule has 3 rings (SSSR count). The van der Waals surface area contributed by atoms with E-state index in [0.717, 1.165) is 25.1 Å². The Balaban J connectivity index is 1.56. The van der Waals surface area contributed by atoms with Crippen molar-refractivity contribution in [2.75, 3.05) is 13.1 Å². The fourth-order valence-electron chi connectivity index (χ4n) is 2.75. The van der Waals surface area contributed by atoms with Crippen molar-refractivity contribution in [1.82, 2.24) is 20.1 Å². The van der Waals surface area contributed by atoms with Crippen LogP contribution in [-0.2, 0) is 11.2 Å². The fraction of sp³-hybridized carbons (Fsp3) is 0.500. The zero-order chi connectivity index (χ0) is 15.4. The number of piperidine rings is 1. The lowest BCUT2D eigenvalue weighted by Crippen LogP contribution is -2.39. The molecular formula is C16H20N4O2. The van der Waals surface area contributed by atoms with E-state index in [1.54, 1.807) is 12.4 Å². The molecule has 1 fully saturated rings. The van der Waals surface area contributed by atoms with Crippen LogP contribution in [0, 0.1) is 5.92 Å². The maximum Gasteiger partial charge on any atom is 0.249 e. The maximum atomic E-state index is 12.2. The SMILES string of the molecule is CC1CCCN(C(=O)CCc2nnc(-c3cccnc3)o2)C1. The Morgan fingerprint density at radius 2 is 2.36 bits per heavy atom. The Hall–Kier alpha value is -2.24. The Labute approximate surface area is 129 Å². The van der Waals surface area contributed by atoms with Crippen LogP contribution < -0.4 is 0 Å². The lowest BCUT2D eigenvalue weighted by Gasteiger charge is -2.30. The normalized spacial score (nSPS) is 18.4. The van der Waals surface area contributed by atoms with Crippen molar-refractivity contribution < 1.29 is 9.21 Å². The Bertz CT molecular complexity index is 626. The smallest absolute Gasteiger partial charge is 0.249 e. The molecule has 1 atom stereocenters. The molecule has 6 nitrogen and oxygen atoms in total. The minimum atomic E-state index is 0.174. The van der Waals surface area contributed by atoms with Gasteiger partial charge in [0.05, 0.1) is 5.56 Å². The van der Waals surface area contributed by atoms with Crippen LogP contribution in [0.15, 0.2) is 28.9 Å². The van der Waals surface area contributed by atoms with E-state index in [-0.39, 0.29) is 5.91 Å². The first kappa shape index (κ1) is 14.7. The monoisotopic (exact) mass is 300 g/mol. The van der Waals surface area contributed by atoms with Crippen LogP contribution >= 0.6 is 0 Å². The van der Waals surface area contributed by atoms with E-state index in [9.17, 15) is 4.79 Å². The second kappa shape index (κ2) is 6.68. The molecule has 22 heavy (non-hydrogen) atoms. The summed E-state index contributed by atoms with van der Waals surface area (Å²) < 4.78 is 5.60. The third-order valence-electron chi connectivity index (χ3n) is 3.94. The highest BCUT2D eigenvalue weighted by Gasteiger charge is 2.21. The molecule has 1 aliphatic rings. The van der Waals surface area contributed by atoms with Crippen molar-refractivity contribution in [3.63, 3.8) is 0 Å². The molecular weight excluding hydrogens is 280 g/mol. The van der Waals surface area contributed by atoms with Gasteiger partial charge in [0.1, 0.15) is 0 Å². The zero-order valence-corrected chi connectivity index (χ0v) is 12.7. The highest BCUT2D eigenvalue weighted by Crippen LogP contribution is 2.18. The van der Waals surface area contributed by atoms with E-state index in [2.05, 4.69) is 22.1 Å². The maximum absolute atomic E-state index is 12.2. The minimum Gasteiger partial charge on any atom is -0.421 e. The molecule has 0 spiro atoms. The van der Waals surface area contributed by atoms with Crippen molar-refractivity contribution in [2.24, 2.45) is 5.92 Å². The molecule has 1 amide bonds. The lowest BCUT2D eigenvalue weighted by molar-refractivity contribution is -0.132. The molecule has 0 aromatic carbocycles. The van der Waals surface area contributed by atoms with Crippen LogP contribution in [-0.4, -0.2) is 39.1 Å². The summed E-state index contributed by atoms with van der Waals surface area (Å²) in [7, 11) is 0. The summed E-state index contributed by atoms with van der Waals surface area (Å²) in [5.74, 6) is 1.71. The van der Waals surface area contributed by atoms with Crippen LogP contribution in [0.3, 0.4) is 0 Å². The van der Waals surface area contributed by atoms with Crippen molar-refractivity contribution in [3.8, 4) is 11.5 Å². The molecule has 0 radical (unpaired) electrons. The second-order valence-electron chi connectivity index (χ2n) is 5.83. The Morgan fingerprint density at radius 3 is 3.14 bits per heavy atom. The molecule has 1 saturated heterocycles. The van der Waals surface area contributed by atoms with E-state index in [0.29, 0.717) is 30.5 Å². The van der Waals surface area contributed by atoms with Gasteiger partial charge in [-0.1, -0.05) is 6.92 Å². The van der Waals surface area contributed by atoms with Gasteiger partial charge in [-0.3, -0.25) is 9.78 Å². The molecule has 1 aliphatic heterocycles. The van der Waals surface area contributed by atoms with Gasteiger partial charge in [0, 0.05) is 38.3 Å². The summed E-state index contributed by atoms with van der Waals surface area (Å²) in [4.78, 5) is 18.2. The molecule has 6 heteroatoms. The number of aryl methyl sites for hydroxylation is 1. The number of nitrogens with zero attached hydrogens (tertiary/aromatic N) is 4. The number of hydrogen-bond acceptors (Lipinski definition) is 5. The predicted molar refractivity (Wildman–Crippen MR) is 80.8 cm³/mol. The molecule has 0 bridgehead atoms. The number of likely N-dealkylation sites (tertiary alicyclic amines) is 1. The largest absolute Gasteiger partial charge is 0.421 e. The number of carbonyl (C=O) groups is 1. The standard InChI is InChI=1S/C16H20N4O2/c1-12-4-3-9-20(11-12)15(21)7-6-14-18-19-16(22-14)13-5-2-8-17-10-13/h2,5,8,10,12H,3-4,6-7,9,11H2,1H3. The van der Waals surface area contributed by atoms with E-state index >= 15 is 0 Å². The van der Waals surface area contributed by atoms with Crippen LogP contribution in [0.1, 0.15) is 32.1 Å². The summed E-state index contributed by atoms with van der Waals surface area (Å²) in [5, 5.41) is 8.02. The first-order chi connectivity index (χ1) is 10.7. The fourth-order valence-corrected chi connectivity index (χ4v) is 2.75. The molecule has 2 aromatic heterocycles. The number of carbonyl (C=O) groups excluding carboxylic acids is 1. The highest BCUT2D eigenvalue weighted by atomic mass is 16.4. The summed E-state index contributed by atoms with van der Waals surface area (Å²) in [6, 6.07) is 3.69. The molecule has 116 valence electrons. The lowest BCUT2D eigenvalue weighted by atomic mass is 10.00. The van der Waals surface area contributed by atoms with E-state index < -0.39 is 0 Å². The zero-order valence-electron chi connectivity index (χ0n) is 12.7. The predicted octanol–water partition coefficient (Wildman–Crippen LogP) is 2.32. The number of pyridine rings is 1. The topological polar surface area (TPSA) is 72.1 Å². The number of rotatable bonds is 4. The quantitative estimate of drug-likeness (QED) is 0.866. The van der Waals surface area contributed by atoms with Crippen LogP contribution in [0.2, 0.25) is 0 Å². The third kappa shape index (κ3) is 3.50. The highest BCUT2D eigenvalue weighted by molar-refractivity contribution is 5.76. The van der Waals surface area contributed by atoms with Gasteiger partial charge in [-0.2, -0.15) is 0 Å². The van der Waals surface area contributed by atoms with E-state index in [4.69, 9.17) is 4.42 Å². The molecule has 2 aromatic rings. The third-order valence-corrected chi connectivity index (χ3v) is 3.94. The Morgan fingerprint density at radius 1 is 1.45 bits per heavy atom. The van der Waals surface area contributed by atoms with Gasteiger partial charge < -0.3 is 9.32 Å². The molecule has 0 saturated carbocycles. The van der Waals surface area contributed by atoms with E-state index in [1.807, 2.05) is 17.0 Å². The summed E-state index contributed by atoms with van der Waals surface area (Å²) in [6.45, 7) is 3.93. The first-order valence-corrected chi connectivity index (χ1v) is 7.73. The van der Waals surface area contributed by atoms with Crippen LogP contribution in [0.5, 0.6) is 0 Å². The number of aromatic nitrogens is 3. The molecule has 3 heterocycles. The molecule has 0 N–H and O–H groups in total. The first-order valence-electron chi connectivity index (χ1n) is 7.73. The van der Waals surface area contributed by atoms with Crippen molar-refractivity contribution in [2.45, 2.75) is 32.6 Å². The minimum absolute atomic E-state index is 0.174. The van der Waals surface area contributed by atoms with Gasteiger partial charge in [-0.05, 0) is 30.9 Å². The second-order valence-corrected chi connectivity index (χ2v) is 5.83. The Kier molecular flexibility index (Phi) is 4.46. The van der Waals surface area contributed by atoms with Gasteiger partial charge in [0.15, 0.2) is 0 Å². The van der Waals surface area contributed by atoms with Gasteiger partial charge >= 0.3 is 0 Å². The van der Waals surface area contributed by atoms with Gasteiger partial charge in [-0.15, -0.1) is 10.2 Å². The summed E-state index contributed by atoms with van der Waals surface area (Å²) in [5.41, 5.74) is 0.789. The number of hydrogen-bond donors (Lipinski definition) is 0. The van der Waals surface area contributed by atoms with E-state index in [1.165, 1.54) is 6.42 Å². The molecule has 0 aliphatic carbocycles. The van der Waals surface area contributed by atoms with Crippen molar-refractivity contribution >= 4 is 5.91 Å². The van der Waals surface area contributed by atoms with Crippen LogP contribution in [0.25, 0.3) is 11.5 Å². The number of amides is 1. The average molecular weight is 300 g/mol. The summed E-state index contributed by atoms with van der Waals surface area (Å²) in [6.07, 6.45) is 6.58. The summed E-state index contributed by atoms with van der Waals surface area (Å²) >= 11 is 0. The average Bonchev–Trinajstić information content (AvgIpc) is 3.02. The van der Waals surface area contributed by atoms with Crippen molar-refractivity contribution in [1.29, 1.82) is 0 Å². The van der Waals surface area contributed by atoms with Gasteiger partial charge in [-0.25, -0.2) is 0 Å². The van der Waals surface area contributed by atoms with Gasteiger partial charge in [0.25, 0.3) is 0 Å². The molecule has 1 unspecified atom stereocenters. The van der Waals surface area contributed by atoms with Crippen LogP contribution in [0.4, 0.5) is 0 Å². The van der Waals surface area contributed by atoms with Gasteiger partial charge in [0.2, 0.25) is 17.7 Å².